The van der Waals surface area contributed by atoms with Gasteiger partial charge in [-0.25, -0.2) is 0 Å². The molecular weight excluding hydrogens is 190 g/mol. The summed E-state index contributed by atoms with van der Waals surface area (Å²) in [5.74, 6) is 0.863. The maximum absolute atomic E-state index is 8.44. The van der Waals surface area contributed by atoms with Crippen molar-refractivity contribution in [2.45, 2.75) is 13.8 Å². The molecule has 0 radical (unpaired) electrons. The first-order chi connectivity index (χ1) is 7.26. The quantitative estimate of drug-likeness (QED) is 0.466. The summed E-state index contributed by atoms with van der Waals surface area (Å²) in [4.78, 5) is 0. The Morgan fingerprint density at radius 2 is 2.07 bits per heavy atom. The van der Waals surface area contributed by atoms with E-state index in [-0.39, 0.29) is 0 Å². The van der Waals surface area contributed by atoms with Gasteiger partial charge in [0, 0.05) is 0 Å². The summed E-state index contributed by atoms with van der Waals surface area (Å²) < 4.78 is 5.32. The molecule has 0 aliphatic carbocycles. The minimum Gasteiger partial charge on any atom is -0.494 e. The van der Waals surface area contributed by atoms with Gasteiger partial charge in [0.1, 0.15) is 5.75 Å². The molecule has 1 N–H and O–H groups in total. The molecule has 0 saturated carbocycles. The van der Waals surface area contributed by atoms with Crippen molar-refractivity contribution < 1.29 is 9.94 Å². The molecule has 0 saturated heterocycles. The van der Waals surface area contributed by atoms with Crippen LogP contribution in [0.15, 0.2) is 35.5 Å². The van der Waals surface area contributed by atoms with Crippen molar-refractivity contribution in [1.29, 1.82) is 0 Å². The van der Waals surface area contributed by atoms with Gasteiger partial charge in [-0.05, 0) is 37.6 Å². The lowest BCUT2D eigenvalue weighted by Gasteiger charge is -2.02. The number of benzene rings is 1. The van der Waals surface area contributed by atoms with Crippen LogP contribution in [0, 0.1) is 0 Å². The summed E-state index contributed by atoms with van der Waals surface area (Å²) in [6.07, 6.45) is 3.63. The minimum atomic E-state index is 0.573. The van der Waals surface area contributed by atoms with E-state index in [0.717, 1.165) is 11.3 Å². The fraction of sp³-hybridized carbons (Fsp3) is 0.250. The standard InChI is InChI=1S/C12H15NO2/c1-3-15-12-8-6-11(7-9-12)5-4-10(2)13-14/h4-9,14H,3H2,1-2H3/b5-4-,13-10-. The van der Waals surface area contributed by atoms with Gasteiger partial charge in [-0.2, -0.15) is 0 Å². The maximum Gasteiger partial charge on any atom is 0.119 e. The van der Waals surface area contributed by atoms with Crippen LogP contribution in [0.4, 0.5) is 0 Å². The largest absolute Gasteiger partial charge is 0.494 e. The molecule has 0 amide bonds. The van der Waals surface area contributed by atoms with Gasteiger partial charge in [-0.3, -0.25) is 0 Å². The smallest absolute Gasteiger partial charge is 0.119 e. The third-order valence-corrected chi connectivity index (χ3v) is 1.87. The normalized spacial score (nSPS) is 12.0. The van der Waals surface area contributed by atoms with Crippen LogP contribution in [0.2, 0.25) is 0 Å². The zero-order valence-corrected chi connectivity index (χ0v) is 8.97. The van der Waals surface area contributed by atoms with Gasteiger partial charge in [-0.1, -0.05) is 23.4 Å². The van der Waals surface area contributed by atoms with E-state index in [9.17, 15) is 0 Å². The molecule has 0 unspecified atom stereocenters. The van der Waals surface area contributed by atoms with Crippen LogP contribution in [0.5, 0.6) is 5.75 Å². The predicted molar refractivity (Wildman–Crippen MR) is 61.5 cm³/mol. The highest BCUT2D eigenvalue weighted by Crippen LogP contribution is 2.12. The van der Waals surface area contributed by atoms with Gasteiger partial charge in [0.15, 0.2) is 0 Å². The average molecular weight is 205 g/mol. The molecule has 1 aromatic carbocycles. The first-order valence-corrected chi connectivity index (χ1v) is 4.86. The summed E-state index contributed by atoms with van der Waals surface area (Å²) >= 11 is 0. The Morgan fingerprint density at radius 1 is 1.40 bits per heavy atom. The number of allylic oxidation sites excluding steroid dienone is 1. The third kappa shape index (κ3) is 3.85. The Labute approximate surface area is 89.7 Å². The van der Waals surface area contributed by atoms with E-state index in [1.165, 1.54) is 0 Å². The zero-order chi connectivity index (χ0) is 11.1. The topological polar surface area (TPSA) is 41.8 Å². The Bertz CT molecular complexity index is 352. The summed E-state index contributed by atoms with van der Waals surface area (Å²) in [6, 6.07) is 7.72. The van der Waals surface area contributed by atoms with E-state index in [4.69, 9.17) is 9.94 Å². The van der Waals surface area contributed by atoms with Crippen molar-refractivity contribution in [1.82, 2.24) is 0 Å². The van der Waals surface area contributed by atoms with E-state index in [1.54, 1.807) is 13.0 Å². The van der Waals surface area contributed by atoms with Crippen LogP contribution >= 0.6 is 0 Å². The van der Waals surface area contributed by atoms with Crippen LogP contribution in [0.25, 0.3) is 6.08 Å². The fourth-order valence-corrected chi connectivity index (χ4v) is 1.09. The molecule has 0 bridgehead atoms. The number of hydrogen-bond donors (Lipinski definition) is 1. The number of nitrogens with zero attached hydrogens (tertiary/aromatic N) is 1. The maximum atomic E-state index is 8.44. The van der Waals surface area contributed by atoms with Crippen LogP contribution in [-0.4, -0.2) is 17.5 Å². The molecule has 0 aromatic heterocycles. The number of hydrogen-bond acceptors (Lipinski definition) is 3. The van der Waals surface area contributed by atoms with Crippen molar-refractivity contribution >= 4 is 11.8 Å². The monoisotopic (exact) mass is 205 g/mol. The molecular formula is C12H15NO2. The fourth-order valence-electron chi connectivity index (χ4n) is 1.09. The van der Waals surface area contributed by atoms with E-state index < -0.39 is 0 Å². The van der Waals surface area contributed by atoms with Gasteiger partial charge in [0.2, 0.25) is 0 Å². The van der Waals surface area contributed by atoms with E-state index in [2.05, 4.69) is 5.16 Å². The molecule has 0 fully saturated rings. The first-order valence-electron chi connectivity index (χ1n) is 4.86. The second-order valence-electron chi connectivity index (χ2n) is 3.08. The molecule has 0 spiro atoms. The lowest BCUT2D eigenvalue weighted by atomic mass is 10.2. The van der Waals surface area contributed by atoms with Crippen LogP contribution in [0.1, 0.15) is 19.4 Å². The van der Waals surface area contributed by atoms with Crippen LogP contribution in [0.3, 0.4) is 0 Å². The first kappa shape index (κ1) is 11.3. The van der Waals surface area contributed by atoms with Crippen molar-refractivity contribution in [2.24, 2.45) is 5.16 Å². The van der Waals surface area contributed by atoms with Crippen molar-refractivity contribution in [2.75, 3.05) is 6.61 Å². The average Bonchev–Trinajstić information content (AvgIpc) is 2.28. The lowest BCUT2D eigenvalue weighted by Crippen LogP contribution is -1.90. The molecule has 3 heteroatoms. The van der Waals surface area contributed by atoms with E-state index in [0.29, 0.717) is 12.3 Å². The third-order valence-electron chi connectivity index (χ3n) is 1.87. The van der Waals surface area contributed by atoms with Crippen molar-refractivity contribution in [3.05, 3.63) is 35.9 Å². The molecule has 0 aliphatic rings. The van der Waals surface area contributed by atoms with Crippen molar-refractivity contribution in [3.63, 3.8) is 0 Å². The lowest BCUT2D eigenvalue weighted by molar-refractivity contribution is 0.319. The summed E-state index contributed by atoms with van der Waals surface area (Å²) in [5.41, 5.74) is 1.62. The Balaban J connectivity index is 2.68. The Kier molecular flexibility index (Phi) is 4.41. The van der Waals surface area contributed by atoms with Gasteiger partial charge >= 0.3 is 0 Å². The molecule has 15 heavy (non-hydrogen) atoms. The molecule has 3 nitrogen and oxygen atoms in total. The second-order valence-corrected chi connectivity index (χ2v) is 3.08. The SMILES string of the molecule is CCOc1ccc(/C=C\C(C)=N/O)cc1. The van der Waals surface area contributed by atoms with Gasteiger partial charge in [0.05, 0.1) is 12.3 Å². The molecule has 1 aromatic rings. The molecule has 1 rings (SSSR count). The Morgan fingerprint density at radius 3 is 2.60 bits per heavy atom. The van der Waals surface area contributed by atoms with Gasteiger partial charge in [-0.15, -0.1) is 0 Å². The number of ether oxygens (including phenoxy) is 1. The summed E-state index contributed by atoms with van der Waals surface area (Å²) in [7, 11) is 0. The van der Waals surface area contributed by atoms with Gasteiger partial charge < -0.3 is 9.94 Å². The van der Waals surface area contributed by atoms with Crippen LogP contribution < -0.4 is 4.74 Å². The summed E-state index contributed by atoms with van der Waals surface area (Å²) in [6.45, 7) is 4.35. The number of oxime groups is 1. The highest BCUT2D eigenvalue weighted by atomic mass is 16.5. The molecule has 0 atom stereocenters. The second kappa shape index (κ2) is 5.86. The summed E-state index contributed by atoms with van der Waals surface area (Å²) in [5, 5.41) is 11.5. The highest BCUT2D eigenvalue weighted by molar-refractivity contribution is 5.95. The van der Waals surface area contributed by atoms with E-state index in [1.807, 2.05) is 37.3 Å². The molecule has 0 heterocycles. The highest BCUT2D eigenvalue weighted by Gasteiger charge is 1.91. The number of rotatable bonds is 4. The van der Waals surface area contributed by atoms with E-state index >= 15 is 0 Å². The predicted octanol–water partition coefficient (Wildman–Crippen LogP) is 2.95. The minimum absolute atomic E-state index is 0.573. The molecule has 0 aliphatic heterocycles. The van der Waals surface area contributed by atoms with Crippen LogP contribution in [-0.2, 0) is 0 Å². The van der Waals surface area contributed by atoms with Gasteiger partial charge in [0.25, 0.3) is 0 Å². The Hall–Kier alpha value is -1.77. The molecule has 80 valence electrons. The zero-order valence-electron chi connectivity index (χ0n) is 8.97. The van der Waals surface area contributed by atoms with Crippen molar-refractivity contribution in [3.8, 4) is 5.75 Å².